The number of aromatic nitrogens is 1. The highest BCUT2D eigenvalue weighted by Crippen LogP contribution is 2.31. The summed E-state index contributed by atoms with van der Waals surface area (Å²) in [7, 11) is 0. The molecule has 4 nitrogen and oxygen atoms in total. The van der Waals surface area contributed by atoms with Gasteiger partial charge in [0, 0.05) is 24.2 Å². The lowest BCUT2D eigenvalue weighted by atomic mass is 10.0. The number of aliphatic hydroxyl groups is 1. The lowest BCUT2D eigenvalue weighted by Crippen LogP contribution is -2.02. The van der Waals surface area contributed by atoms with Crippen LogP contribution in [0, 0.1) is 13.8 Å². The highest BCUT2D eigenvalue weighted by atomic mass is 16.4. The number of carboxylic acid groups (broad SMARTS) is 1. The maximum atomic E-state index is 11.3. The molecule has 0 atom stereocenters. The fourth-order valence-corrected chi connectivity index (χ4v) is 3.18. The van der Waals surface area contributed by atoms with Crippen LogP contribution in [0.2, 0.25) is 0 Å². The molecule has 22 heavy (non-hydrogen) atoms. The summed E-state index contributed by atoms with van der Waals surface area (Å²) in [4.78, 5) is 11.3. The summed E-state index contributed by atoms with van der Waals surface area (Å²) < 4.78 is 2.31. The Bertz CT molecular complexity index is 685. The van der Waals surface area contributed by atoms with Crippen LogP contribution in [0.25, 0.3) is 10.9 Å². The molecular formula is C18H25NO3. The minimum Gasteiger partial charge on any atom is -0.478 e. The highest BCUT2D eigenvalue weighted by Gasteiger charge is 2.17. The zero-order valence-corrected chi connectivity index (χ0v) is 13.6. The Balaban J connectivity index is 2.68. The van der Waals surface area contributed by atoms with E-state index in [9.17, 15) is 9.90 Å². The molecule has 120 valence electrons. The molecule has 2 aromatic rings. The van der Waals surface area contributed by atoms with Crippen LogP contribution in [0.1, 0.15) is 53.4 Å². The minimum absolute atomic E-state index is 0.151. The van der Waals surface area contributed by atoms with Gasteiger partial charge in [-0.2, -0.15) is 0 Å². The SMILES string of the molecule is CCCCn1c(C)c(CCCO)c2cc(C(=O)O)cc(C)c21. The molecule has 4 heteroatoms. The summed E-state index contributed by atoms with van der Waals surface area (Å²) in [5, 5.41) is 19.5. The van der Waals surface area contributed by atoms with Crippen molar-refractivity contribution < 1.29 is 15.0 Å². The molecule has 0 saturated heterocycles. The van der Waals surface area contributed by atoms with Crippen LogP contribution in [0.3, 0.4) is 0 Å². The van der Waals surface area contributed by atoms with Gasteiger partial charge in [-0.05, 0) is 56.4 Å². The topological polar surface area (TPSA) is 62.5 Å². The molecule has 0 aliphatic heterocycles. The zero-order chi connectivity index (χ0) is 16.3. The Morgan fingerprint density at radius 2 is 1.95 bits per heavy atom. The van der Waals surface area contributed by atoms with Gasteiger partial charge in [-0.15, -0.1) is 0 Å². The van der Waals surface area contributed by atoms with E-state index in [1.54, 1.807) is 12.1 Å². The number of nitrogens with zero attached hydrogens (tertiary/aromatic N) is 1. The highest BCUT2D eigenvalue weighted by molar-refractivity contribution is 5.97. The van der Waals surface area contributed by atoms with Crippen molar-refractivity contribution in [3.05, 3.63) is 34.5 Å². The van der Waals surface area contributed by atoms with Gasteiger partial charge in [0.25, 0.3) is 0 Å². The van der Waals surface area contributed by atoms with Crippen molar-refractivity contribution >= 4 is 16.9 Å². The second kappa shape index (κ2) is 6.97. The van der Waals surface area contributed by atoms with Crippen LogP contribution < -0.4 is 0 Å². The van der Waals surface area contributed by atoms with Gasteiger partial charge in [-0.1, -0.05) is 13.3 Å². The first-order valence-corrected chi connectivity index (χ1v) is 7.97. The first-order valence-electron chi connectivity index (χ1n) is 7.97. The smallest absolute Gasteiger partial charge is 0.335 e. The van der Waals surface area contributed by atoms with E-state index in [0.29, 0.717) is 12.0 Å². The van der Waals surface area contributed by atoms with Crippen molar-refractivity contribution in [3.63, 3.8) is 0 Å². The number of carbonyl (C=O) groups is 1. The lowest BCUT2D eigenvalue weighted by Gasteiger charge is -2.10. The Morgan fingerprint density at radius 1 is 1.23 bits per heavy atom. The van der Waals surface area contributed by atoms with E-state index >= 15 is 0 Å². The number of aromatic carboxylic acids is 1. The van der Waals surface area contributed by atoms with Crippen LogP contribution in [-0.2, 0) is 13.0 Å². The molecule has 0 unspecified atom stereocenters. The molecule has 0 spiro atoms. The van der Waals surface area contributed by atoms with Crippen molar-refractivity contribution in [2.45, 2.75) is 53.0 Å². The van der Waals surface area contributed by atoms with E-state index in [1.807, 2.05) is 6.92 Å². The zero-order valence-electron chi connectivity index (χ0n) is 13.6. The van der Waals surface area contributed by atoms with Gasteiger partial charge in [0.15, 0.2) is 0 Å². The average molecular weight is 303 g/mol. The van der Waals surface area contributed by atoms with E-state index in [0.717, 1.165) is 42.3 Å². The number of rotatable bonds is 7. The molecule has 1 aromatic carbocycles. The van der Waals surface area contributed by atoms with Crippen LogP contribution in [0.15, 0.2) is 12.1 Å². The van der Waals surface area contributed by atoms with Crippen molar-refractivity contribution in [3.8, 4) is 0 Å². The molecule has 1 heterocycles. The van der Waals surface area contributed by atoms with Crippen LogP contribution in [-0.4, -0.2) is 27.4 Å². The number of fused-ring (bicyclic) bond motifs is 1. The second-order valence-corrected chi connectivity index (χ2v) is 5.89. The van der Waals surface area contributed by atoms with Gasteiger partial charge < -0.3 is 14.8 Å². The Labute approximate surface area is 131 Å². The molecule has 0 fully saturated rings. The first kappa shape index (κ1) is 16.6. The lowest BCUT2D eigenvalue weighted by molar-refractivity contribution is 0.0697. The van der Waals surface area contributed by atoms with E-state index in [1.165, 1.54) is 11.3 Å². The van der Waals surface area contributed by atoms with Gasteiger partial charge >= 0.3 is 5.97 Å². The summed E-state index contributed by atoms with van der Waals surface area (Å²) in [6.07, 6.45) is 3.70. The van der Waals surface area contributed by atoms with Crippen molar-refractivity contribution in [1.29, 1.82) is 0 Å². The third kappa shape index (κ3) is 3.02. The molecule has 0 radical (unpaired) electrons. The Kier molecular flexibility index (Phi) is 5.24. The molecule has 0 bridgehead atoms. The maximum Gasteiger partial charge on any atom is 0.335 e. The first-order chi connectivity index (χ1) is 10.5. The van der Waals surface area contributed by atoms with E-state index < -0.39 is 5.97 Å². The normalized spacial score (nSPS) is 11.3. The van der Waals surface area contributed by atoms with E-state index in [4.69, 9.17) is 5.11 Å². The van der Waals surface area contributed by atoms with Crippen molar-refractivity contribution in [2.24, 2.45) is 0 Å². The van der Waals surface area contributed by atoms with Gasteiger partial charge in [-0.25, -0.2) is 4.79 Å². The minimum atomic E-state index is -0.892. The molecule has 1 aromatic heterocycles. The Morgan fingerprint density at radius 3 is 2.55 bits per heavy atom. The van der Waals surface area contributed by atoms with Gasteiger partial charge in [0.05, 0.1) is 11.1 Å². The number of aryl methyl sites for hydroxylation is 3. The fraction of sp³-hybridized carbons (Fsp3) is 0.500. The van der Waals surface area contributed by atoms with Crippen LogP contribution in [0.4, 0.5) is 0 Å². The predicted octanol–water partition coefficient (Wildman–Crippen LogP) is 3.68. The van der Waals surface area contributed by atoms with Gasteiger partial charge in [0.2, 0.25) is 0 Å². The van der Waals surface area contributed by atoms with Crippen molar-refractivity contribution in [2.75, 3.05) is 6.61 Å². The molecular weight excluding hydrogens is 278 g/mol. The van der Waals surface area contributed by atoms with E-state index in [-0.39, 0.29) is 6.61 Å². The second-order valence-electron chi connectivity index (χ2n) is 5.89. The monoisotopic (exact) mass is 303 g/mol. The quantitative estimate of drug-likeness (QED) is 0.820. The summed E-state index contributed by atoms with van der Waals surface area (Å²) >= 11 is 0. The largest absolute Gasteiger partial charge is 0.478 e. The molecule has 0 amide bonds. The summed E-state index contributed by atoms with van der Waals surface area (Å²) in [5.41, 5.74) is 4.85. The Hall–Kier alpha value is -1.81. The summed E-state index contributed by atoms with van der Waals surface area (Å²) in [6.45, 7) is 7.35. The molecule has 0 aliphatic rings. The summed E-state index contributed by atoms with van der Waals surface area (Å²) in [6, 6.07) is 3.54. The van der Waals surface area contributed by atoms with Gasteiger partial charge in [-0.3, -0.25) is 0 Å². The standard InChI is InChI=1S/C18H25NO3/c1-4-5-8-19-13(3)15(7-6-9-20)16-11-14(18(21)22)10-12(2)17(16)19/h10-11,20H,4-9H2,1-3H3,(H,21,22). The molecule has 0 aliphatic carbocycles. The van der Waals surface area contributed by atoms with Crippen LogP contribution in [0.5, 0.6) is 0 Å². The number of unbranched alkanes of at least 4 members (excludes halogenated alkanes) is 1. The maximum absolute atomic E-state index is 11.3. The van der Waals surface area contributed by atoms with E-state index in [2.05, 4.69) is 18.4 Å². The number of hydrogen-bond donors (Lipinski definition) is 2. The fourth-order valence-electron chi connectivity index (χ4n) is 3.18. The molecule has 0 saturated carbocycles. The number of aliphatic hydroxyl groups excluding tert-OH is 1. The van der Waals surface area contributed by atoms with Gasteiger partial charge in [0.1, 0.15) is 0 Å². The number of carboxylic acids is 1. The number of hydrogen-bond acceptors (Lipinski definition) is 2. The van der Waals surface area contributed by atoms with Crippen molar-refractivity contribution in [1.82, 2.24) is 4.57 Å². The van der Waals surface area contributed by atoms with Crippen LogP contribution >= 0.6 is 0 Å². The number of benzene rings is 1. The molecule has 2 N–H and O–H groups in total. The predicted molar refractivity (Wildman–Crippen MR) is 88.7 cm³/mol. The third-order valence-corrected chi connectivity index (χ3v) is 4.30. The summed E-state index contributed by atoms with van der Waals surface area (Å²) in [5.74, 6) is -0.892. The average Bonchev–Trinajstić information content (AvgIpc) is 2.75. The third-order valence-electron chi connectivity index (χ3n) is 4.30. The molecule has 2 rings (SSSR count).